The Morgan fingerprint density at radius 3 is 2.50 bits per heavy atom. The lowest BCUT2D eigenvalue weighted by Gasteiger charge is -2.32. The highest BCUT2D eigenvalue weighted by Gasteiger charge is 2.21. The SMILES string of the molecule is CCOc1ccc(Cl)c(CC2CCN(Cc3cc(=O)n(-c4ccccc4)c(=O)[nH]3)CC2)c1. The second kappa shape index (κ2) is 10.2. The lowest BCUT2D eigenvalue weighted by atomic mass is 9.90. The number of aromatic nitrogens is 2. The molecule has 1 aliphatic rings. The largest absolute Gasteiger partial charge is 0.494 e. The molecule has 6 nitrogen and oxygen atoms in total. The van der Waals surface area contributed by atoms with Gasteiger partial charge in [-0.15, -0.1) is 0 Å². The number of hydrogen-bond donors (Lipinski definition) is 1. The third-order valence-corrected chi connectivity index (χ3v) is 6.31. The number of likely N-dealkylation sites (tertiary alicyclic amines) is 1. The molecule has 1 fully saturated rings. The van der Waals surface area contributed by atoms with Crippen LogP contribution in [0, 0.1) is 5.92 Å². The van der Waals surface area contributed by atoms with Crippen LogP contribution in [-0.2, 0) is 13.0 Å². The van der Waals surface area contributed by atoms with E-state index in [9.17, 15) is 9.59 Å². The monoisotopic (exact) mass is 453 g/mol. The quantitative estimate of drug-likeness (QED) is 0.586. The van der Waals surface area contributed by atoms with E-state index in [4.69, 9.17) is 16.3 Å². The number of rotatable bonds is 7. The van der Waals surface area contributed by atoms with Crippen LogP contribution in [0.25, 0.3) is 5.69 Å². The van der Waals surface area contributed by atoms with Gasteiger partial charge in [0.1, 0.15) is 5.75 Å². The molecular formula is C25H28ClN3O3. The van der Waals surface area contributed by atoms with Crippen molar-refractivity contribution in [3.8, 4) is 11.4 Å². The molecule has 1 aromatic heterocycles. The van der Waals surface area contributed by atoms with Crippen LogP contribution in [0.5, 0.6) is 5.75 Å². The average Bonchev–Trinajstić information content (AvgIpc) is 2.78. The van der Waals surface area contributed by atoms with Crippen molar-refractivity contribution < 1.29 is 4.74 Å². The summed E-state index contributed by atoms with van der Waals surface area (Å²) < 4.78 is 6.77. The van der Waals surface area contributed by atoms with Crippen LogP contribution in [-0.4, -0.2) is 34.1 Å². The van der Waals surface area contributed by atoms with E-state index in [1.54, 1.807) is 24.3 Å². The molecule has 4 rings (SSSR count). The van der Waals surface area contributed by atoms with E-state index in [1.807, 2.05) is 31.2 Å². The van der Waals surface area contributed by atoms with Crippen molar-refractivity contribution >= 4 is 11.6 Å². The van der Waals surface area contributed by atoms with E-state index in [2.05, 4.69) is 9.88 Å². The second-order valence-electron chi connectivity index (χ2n) is 8.22. The van der Waals surface area contributed by atoms with Gasteiger partial charge in [-0.25, -0.2) is 9.36 Å². The second-order valence-corrected chi connectivity index (χ2v) is 8.63. The van der Waals surface area contributed by atoms with Gasteiger partial charge in [0.15, 0.2) is 0 Å². The van der Waals surface area contributed by atoms with Crippen molar-refractivity contribution in [1.29, 1.82) is 0 Å². The fraction of sp³-hybridized carbons (Fsp3) is 0.360. The third-order valence-electron chi connectivity index (χ3n) is 5.94. The molecule has 0 atom stereocenters. The fourth-order valence-corrected chi connectivity index (χ4v) is 4.51. The third kappa shape index (κ3) is 5.31. The summed E-state index contributed by atoms with van der Waals surface area (Å²) in [4.78, 5) is 30.3. The lowest BCUT2D eigenvalue weighted by molar-refractivity contribution is 0.175. The van der Waals surface area contributed by atoms with Crippen molar-refractivity contribution in [3.63, 3.8) is 0 Å². The molecule has 0 radical (unpaired) electrons. The van der Waals surface area contributed by atoms with E-state index in [-0.39, 0.29) is 5.56 Å². The summed E-state index contributed by atoms with van der Waals surface area (Å²) in [6, 6.07) is 16.3. The Balaban J connectivity index is 1.37. The lowest BCUT2D eigenvalue weighted by Crippen LogP contribution is -2.38. The Hall–Kier alpha value is -2.83. The van der Waals surface area contributed by atoms with Crippen LogP contribution in [0.2, 0.25) is 5.02 Å². The highest BCUT2D eigenvalue weighted by atomic mass is 35.5. The highest BCUT2D eigenvalue weighted by molar-refractivity contribution is 6.31. The zero-order valence-corrected chi connectivity index (χ0v) is 19.0. The molecule has 32 heavy (non-hydrogen) atoms. The van der Waals surface area contributed by atoms with Gasteiger partial charge < -0.3 is 9.72 Å². The molecule has 168 valence electrons. The van der Waals surface area contributed by atoms with Gasteiger partial charge in [-0.2, -0.15) is 0 Å². The zero-order chi connectivity index (χ0) is 22.5. The maximum absolute atomic E-state index is 12.6. The first-order valence-electron chi connectivity index (χ1n) is 11.1. The number of ether oxygens (including phenoxy) is 1. The van der Waals surface area contributed by atoms with Gasteiger partial charge in [0.2, 0.25) is 0 Å². The molecule has 7 heteroatoms. The number of para-hydroxylation sites is 1. The average molecular weight is 454 g/mol. The van der Waals surface area contributed by atoms with Gasteiger partial charge in [0.05, 0.1) is 12.3 Å². The van der Waals surface area contributed by atoms with Crippen LogP contribution in [0.15, 0.2) is 64.2 Å². The molecule has 0 bridgehead atoms. The predicted octanol–water partition coefficient (Wildman–Crippen LogP) is 4.03. The Bertz CT molecular complexity index is 1130. The smallest absolute Gasteiger partial charge is 0.333 e. The van der Waals surface area contributed by atoms with Crippen molar-refractivity contribution in [2.45, 2.75) is 32.7 Å². The molecule has 2 heterocycles. The number of H-pyrrole nitrogens is 1. The molecule has 1 saturated heterocycles. The Morgan fingerprint density at radius 2 is 1.81 bits per heavy atom. The molecule has 2 aromatic carbocycles. The Kier molecular flexibility index (Phi) is 7.12. The molecule has 0 spiro atoms. The van der Waals surface area contributed by atoms with Gasteiger partial charge in [-0.1, -0.05) is 29.8 Å². The summed E-state index contributed by atoms with van der Waals surface area (Å²) in [5.41, 5.74) is 1.63. The van der Waals surface area contributed by atoms with Crippen molar-refractivity contribution in [3.05, 3.63) is 91.7 Å². The van der Waals surface area contributed by atoms with Crippen molar-refractivity contribution in [1.82, 2.24) is 14.5 Å². The minimum Gasteiger partial charge on any atom is -0.494 e. The van der Waals surface area contributed by atoms with E-state index < -0.39 is 5.69 Å². The molecule has 0 saturated carbocycles. The Morgan fingerprint density at radius 1 is 1.06 bits per heavy atom. The van der Waals surface area contributed by atoms with Gasteiger partial charge in [-0.3, -0.25) is 9.69 Å². The fourth-order valence-electron chi connectivity index (χ4n) is 4.31. The van der Waals surface area contributed by atoms with Gasteiger partial charge in [0, 0.05) is 23.3 Å². The van der Waals surface area contributed by atoms with E-state index in [1.165, 1.54) is 6.07 Å². The van der Waals surface area contributed by atoms with Crippen molar-refractivity contribution in [2.75, 3.05) is 19.7 Å². The molecule has 0 aliphatic carbocycles. The number of hydrogen-bond acceptors (Lipinski definition) is 4. The standard InChI is InChI=1S/C25H28ClN3O3/c1-2-32-22-8-9-23(26)19(15-22)14-18-10-12-28(13-11-18)17-20-16-24(30)29(25(31)27-20)21-6-4-3-5-7-21/h3-9,15-16,18H,2,10-14,17H2,1H3,(H,27,31). The van der Waals surface area contributed by atoms with Crippen LogP contribution in [0.1, 0.15) is 31.0 Å². The summed E-state index contributed by atoms with van der Waals surface area (Å²) in [7, 11) is 0. The van der Waals surface area contributed by atoms with Gasteiger partial charge >= 0.3 is 5.69 Å². The molecular weight excluding hydrogens is 426 g/mol. The number of halogens is 1. The van der Waals surface area contributed by atoms with Crippen LogP contribution in [0.4, 0.5) is 0 Å². The molecule has 3 aromatic rings. The summed E-state index contributed by atoms with van der Waals surface area (Å²) in [6.07, 6.45) is 3.01. The van der Waals surface area contributed by atoms with E-state index >= 15 is 0 Å². The van der Waals surface area contributed by atoms with E-state index in [0.717, 1.165) is 53.3 Å². The van der Waals surface area contributed by atoms with Crippen LogP contribution < -0.4 is 16.0 Å². The predicted molar refractivity (Wildman–Crippen MR) is 127 cm³/mol. The summed E-state index contributed by atoms with van der Waals surface area (Å²) in [6.45, 7) is 5.00. The zero-order valence-electron chi connectivity index (χ0n) is 18.2. The molecule has 0 amide bonds. The van der Waals surface area contributed by atoms with Crippen LogP contribution in [0.3, 0.4) is 0 Å². The van der Waals surface area contributed by atoms with Crippen LogP contribution >= 0.6 is 11.6 Å². The number of piperidine rings is 1. The minimum atomic E-state index is -0.405. The highest BCUT2D eigenvalue weighted by Crippen LogP contribution is 2.28. The number of benzene rings is 2. The normalized spacial score (nSPS) is 15.1. The first kappa shape index (κ1) is 22.4. The topological polar surface area (TPSA) is 67.3 Å². The maximum Gasteiger partial charge on any atom is 0.333 e. The first-order chi connectivity index (χ1) is 15.5. The minimum absolute atomic E-state index is 0.311. The number of nitrogens with one attached hydrogen (secondary N) is 1. The Labute approximate surface area is 192 Å². The molecule has 0 unspecified atom stereocenters. The van der Waals surface area contributed by atoms with Crippen molar-refractivity contribution in [2.24, 2.45) is 5.92 Å². The van der Waals surface area contributed by atoms with E-state index in [0.29, 0.717) is 30.5 Å². The summed E-state index contributed by atoms with van der Waals surface area (Å²) in [5, 5.41) is 0.785. The summed E-state index contributed by atoms with van der Waals surface area (Å²) in [5.74, 6) is 1.41. The number of aromatic amines is 1. The molecule has 1 aliphatic heterocycles. The van der Waals surface area contributed by atoms with Gasteiger partial charge in [-0.05, 0) is 81.1 Å². The molecule has 1 N–H and O–H groups in total. The summed E-state index contributed by atoms with van der Waals surface area (Å²) >= 11 is 6.41. The first-order valence-corrected chi connectivity index (χ1v) is 11.5. The van der Waals surface area contributed by atoms with Gasteiger partial charge in [0.25, 0.3) is 5.56 Å². The maximum atomic E-state index is 12.6. The number of nitrogens with zero attached hydrogens (tertiary/aromatic N) is 2.